The van der Waals surface area contributed by atoms with Crippen molar-refractivity contribution in [1.29, 1.82) is 0 Å². The van der Waals surface area contributed by atoms with Gasteiger partial charge in [0.25, 0.3) is 0 Å². The van der Waals surface area contributed by atoms with Gasteiger partial charge in [-0.15, -0.1) is 0 Å². The summed E-state index contributed by atoms with van der Waals surface area (Å²) >= 11 is 7.35. The second kappa shape index (κ2) is 8.18. The van der Waals surface area contributed by atoms with Crippen molar-refractivity contribution in [3.63, 3.8) is 0 Å². The lowest BCUT2D eigenvalue weighted by Crippen LogP contribution is -2.45. The number of carbonyl (C=O) groups is 2. The summed E-state index contributed by atoms with van der Waals surface area (Å²) in [4.78, 5) is 33.9. The molecular weight excluding hydrogens is 459 g/mol. The number of pyridine rings is 1. The molecule has 2 N–H and O–H groups in total. The van der Waals surface area contributed by atoms with Crippen molar-refractivity contribution in [2.24, 2.45) is 5.92 Å². The van der Waals surface area contributed by atoms with Crippen molar-refractivity contribution >= 4 is 56.1 Å². The highest BCUT2D eigenvalue weighted by Crippen LogP contribution is 2.38. The zero-order valence-corrected chi connectivity index (χ0v) is 19.1. The van der Waals surface area contributed by atoms with Gasteiger partial charge in [-0.25, -0.2) is 19.2 Å². The van der Waals surface area contributed by atoms with Crippen LogP contribution in [0, 0.1) is 11.7 Å². The number of fused-ring (bicyclic) bond motifs is 1. The van der Waals surface area contributed by atoms with Crippen LogP contribution in [-0.4, -0.2) is 32.6 Å². The third kappa shape index (κ3) is 4.61. The number of thiazole rings is 1. The van der Waals surface area contributed by atoms with E-state index >= 15 is 0 Å². The SMILES string of the molecule is CC(C)(C)N(C(=O)O)c1cc(Oc2ccc3nc(NC(=O)C4CC4)sc3n2)c(Cl)cc1F. The highest BCUT2D eigenvalue weighted by atomic mass is 35.5. The number of rotatable bonds is 5. The van der Waals surface area contributed by atoms with Crippen molar-refractivity contribution in [2.45, 2.75) is 39.2 Å². The van der Waals surface area contributed by atoms with Crippen LogP contribution in [0.5, 0.6) is 11.6 Å². The first-order valence-corrected chi connectivity index (χ1v) is 11.0. The number of anilines is 2. The zero-order valence-electron chi connectivity index (χ0n) is 17.5. The largest absolute Gasteiger partial charge is 0.465 e. The number of aromatic nitrogens is 2. The minimum Gasteiger partial charge on any atom is -0.465 e. The number of benzene rings is 1. The fourth-order valence-corrected chi connectivity index (χ4v) is 4.12. The lowest BCUT2D eigenvalue weighted by atomic mass is 10.1. The summed E-state index contributed by atoms with van der Waals surface area (Å²) in [7, 11) is 0. The maximum Gasteiger partial charge on any atom is 0.412 e. The fraction of sp³-hybridized carbons (Fsp3) is 0.333. The fourth-order valence-electron chi connectivity index (χ4n) is 3.10. The second-order valence-corrected chi connectivity index (χ2v) is 9.77. The molecule has 4 rings (SSSR count). The number of nitrogens with one attached hydrogen (secondary N) is 1. The van der Waals surface area contributed by atoms with Gasteiger partial charge in [-0.05, 0) is 45.7 Å². The van der Waals surface area contributed by atoms with Crippen LogP contribution >= 0.6 is 22.9 Å². The number of hydrogen-bond acceptors (Lipinski definition) is 6. The molecule has 11 heteroatoms. The van der Waals surface area contributed by atoms with Crippen molar-refractivity contribution in [3.05, 3.63) is 35.1 Å². The van der Waals surface area contributed by atoms with Crippen LogP contribution < -0.4 is 15.0 Å². The summed E-state index contributed by atoms with van der Waals surface area (Å²) in [6.45, 7) is 4.94. The Bertz CT molecular complexity index is 1220. The number of ether oxygens (including phenoxy) is 1. The Balaban J connectivity index is 1.63. The first-order chi connectivity index (χ1) is 15.0. The number of carboxylic acid groups (broad SMARTS) is 1. The van der Waals surface area contributed by atoms with Crippen LogP contribution in [0.25, 0.3) is 10.3 Å². The Morgan fingerprint density at radius 3 is 2.62 bits per heavy atom. The molecule has 32 heavy (non-hydrogen) atoms. The van der Waals surface area contributed by atoms with Gasteiger partial charge in [-0.3, -0.25) is 9.69 Å². The predicted molar refractivity (Wildman–Crippen MR) is 121 cm³/mol. The minimum atomic E-state index is -1.31. The Hall–Kier alpha value is -2.98. The molecule has 1 saturated carbocycles. The van der Waals surface area contributed by atoms with Gasteiger partial charge in [-0.2, -0.15) is 0 Å². The Morgan fingerprint density at radius 2 is 2.00 bits per heavy atom. The Kier molecular flexibility index (Phi) is 5.68. The van der Waals surface area contributed by atoms with Crippen molar-refractivity contribution in [3.8, 4) is 11.6 Å². The van der Waals surface area contributed by atoms with Crippen LogP contribution in [0.2, 0.25) is 5.02 Å². The van der Waals surface area contributed by atoms with Crippen LogP contribution in [0.15, 0.2) is 24.3 Å². The molecule has 1 aromatic carbocycles. The highest BCUT2D eigenvalue weighted by Gasteiger charge is 2.32. The van der Waals surface area contributed by atoms with Crippen molar-refractivity contribution in [1.82, 2.24) is 9.97 Å². The highest BCUT2D eigenvalue weighted by molar-refractivity contribution is 7.21. The van der Waals surface area contributed by atoms with Crippen LogP contribution in [0.4, 0.5) is 20.0 Å². The molecule has 0 unspecified atom stereocenters. The average Bonchev–Trinajstić information content (AvgIpc) is 3.45. The van der Waals surface area contributed by atoms with Crippen LogP contribution in [-0.2, 0) is 4.79 Å². The number of carbonyl (C=O) groups excluding carboxylic acids is 1. The van der Waals surface area contributed by atoms with E-state index in [0.717, 1.165) is 23.8 Å². The molecule has 0 bridgehead atoms. The van der Waals surface area contributed by atoms with E-state index in [-0.39, 0.29) is 34.2 Å². The van der Waals surface area contributed by atoms with E-state index in [0.29, 0.717) is 15.5 Å². The van der Waals surface area contributed by atoms with Crippen molar-refractivity contribution < 1.29 is 23.8 Å². The van der Waals surface area contributed by atoms with Gasteiger partial charge in [0.2, 0.25) is 11.8 Å². The van der Waals surface area contributed by atoms with E-state index in [9.17, 15) is 19.1 Å². The third-order valence-electron chi connectivity index (χ3n) is 4.73. The zero-order chi connectivity index (χ0) is 23.2. The number of nitrogens with zero attached hydrogens (tertiary/aromatic N) is 3. The molecule has 1 aliphatic rings. The Labute approximate surface area is 192 Å². The molecule has 0 atom stereocenters. The average molecular weight is 479 g/mol. The Morgan fingerprint density at radius 1 is 1.28 bits per heavy atom. The summed E-state index contributed by atoms with van der Waals surface area (Å²) < 4.78 is 20.3. The van der Waals surface area contributed by atoms with Gasteiger partial charge in [-0.1, -0.05) is 22.9 Å². The molecule has 168 valence electrons. The van der Waals surface area contributed by atoms with E-state index < -0.39 is 17.4 Å². The van der Waals surface area contributed by atoms with Gasteiger partial charge in [0.05, 0.1) is 10.7 Å². The first-order valence-electron chi connectivity index (χ1n) is 9.81. The minimum absolute atomic E-state index is 0.0333. The maximum absolute atomic E-state index is 14.6. The van der Waals surface area contributed by atoms with Gasteiger partial charge < -0.3 is 15.2 Å². The monoisotopic (exact) mass is 478 g/mol. The molecule has 0 radical (unpaired) electrons. The standard InChI is InChI=1S/C21H20ClFN4O4S/c1-21(2,3)27(20(29)30)14-9-15(11(22)8-12(14)23)31-16-7-6-13-18(25-16)32-19(24-13)26-17(28)10-4-5-10/h6-10H,4-5H2,1-3H3,(H,29,30)(H,24,26,28). The van der Waals surface area contributed by atoms with Crippen LogP contribution in [0.1, 0.15) is 33.6 Å². The summed E-state index contributed by atoms with van der Waals surface area (Å²) in [5.74, 6) is -0.563. The molecule has 1 fully saturated rings. The maximum atomic E-state index is 14.6. The van der Waals surface area contributed by atoms with E-state index in [2.05, 4.69) is 15.3 Å². The third-order valence-corrected chi connectivity index (χ3v) is 5.90. The van der Waals surface area contributed by atoms with Crippen LogP contribution in [0.3, 0.4) is 0 Å². The quantitative estimate of drug-likeness (QED) is 0.472. The second-order valence-electron chi connectivity index (χ2n) is 8.38. The summed E-state index contributed by atoms with van der Waals surface area (Å²) in [5.41, 5.74) is -0.503. The van der Waals surface area contributed by atoms with Gasteiger partial charge in [0.1, 0.15) is 21.9 Å². The van der Waals surface area contributed by atoms with E-state index in [1.54, 1.807) is 32.9 Å². The number of amides is 2. The molecule has 0 saturated heterocycles. The van der Waals surface area contributed by atoms with E-state index in [4.69, 9.17) is 16.3 Å². The molecule has 2 aromatic heterocycles. The molecular formula is C21H20ClFN4O4S. The van der Waals surface area contributed by atoms with Gasteiger partial charge >= 0.3 is 6.09 Å². The molecule has 1 aliphatic carbocycles. The molecule has 8 nitrogen and oxygen atoms in total. The summed E-state index contributed by atoms with van der Waals surface area (Å²) in [6.07, 6.45) is 0.471. The van der Waals surface area contributed by atoms with E-state index in [1.165, 1.54) is 17.4 Å². The predicted octanol–water partition coefficient (Wildman–Crippen LogP) is 5.91. The molecule has 0 aliphatic heterocycles. The summed E-state index contributed by atoms with van der Waals surface area (Å²) in [5, 5.41) is 12.8. The molecule has 2 amide bonds. The normalized spacial score (nSPS) is 13.8. The lowest BCUT2D eigenvalue weighted by Gasteiger charge is -2.33. The summed E-state index contributed by atoms with van der Waals surface area (Å²) in [6, 6.07) is 5.48. The number of halogens is 2. The molecule has 2 heterocycles. The molecule has 0 spiro atoms. The van der Waals surface area contributed by atoms with E-state index in [1.807, 2.05) is 0 Å². The van der Waals surface area contributed by atoms with Crippen molar-refractivity contribution in [2.75, 3.05) is 10.2 Å². The number of hydrogen-bond donors (Lipinski definition) is 2. The smallest absolute Gasteiger partial charge is 0.412 e. The lowest BCUT2D eigenvalue weighted by molar-refractivity contribution is -0.117. The molecule has 3 aromatic rings. The van der Waals surface area contributed by atoms with Gasteiger partial charge in [0, 0.05) is 23.6 Å². The topological polar surface area (TPSA) is 105 Å². The van der Waals surface area contributed by atoms with Gasteiger partial charge in [0.15, 0.2) is 5.13 Å². The first kappa shape index (κ1) is 22.2.